The van der Waals surface area contributed by atoms with Crippen LogP contribution in [0.3, 0.4) is 0 Å². The highest BCUT2D eigenvalue weighted by atomic mass is 16.6. The third kappa shape index (κ3) is 1.61. The quantitative estimate of drug-likeness (QED) is 0.458. The molecule has 4 heteroatoms. The van der Waals surface area contributed by atoms with Crippen LogP contribution in [0.25, 0.3) is 55.3 Å². The van der Waals surface area contributed by atoms with Gasteiger partial charge >= 0.3 is 7.32 Å². The fourth-order valence-electron chi connectivity index (χ4n) is 4.56. The highest BCUT2D eigenvalue weighted by molar-refractivity contribution is 6.35. The molecule has 0 unspecified atom stereocenters. The van der Waals surface area contributed by atoms with Gasteiger partial charge in [-0.3, -0.25) is 0 Å². The summed E-state index contributed by atoms with van der Waals surface area (Å²) in [5, 5.41) is 21.3. The molecule has 0 heterocycles. The summed E-state index contributed by atoms with van der Waals surface area (Å²) in [7, 11) is -1.85. The van der Waals surface area contributed by atoms with Gasteiger partial charge in [-0.2, -0.15) is 0 Å². The number of rotatable bonds is 2. The maximum atomic E-state index is 9.47. The van der Waals surface area contributed by atoms with Gasteiger partial charge in [-0.15, -0.1) is 0 Å². The second kappa shape index (κ2) is 4.76. The minimum atomic E-state index is -1.85. The molecule has 0 amide bonds. The van der Waals surface area contributed by atoms with Crippen molar-refractivity contribution in [2.75, 3.05) is 0 Å². The monoisotopic (exact) mass is 336 g/mol. The van der Waals surface area contributed by atoms with E-state index in [9.17, 15) is 10.0 Å². The lowest BCUT2D eigenvalue weighted by Gasteiger charge is -2.13. The molecular formula is C22H13BO3. The van der Waals surface area contributed by atoms with Gasteiger partial charge in [-0.05, 0) is 50.4 Å². The Kier molecular flexibility index (Phi) is 2.59. The van der Waals surface area contributed by atoms with Crippen LogP contribution in [0.5, 0.6) is 5.75 Å². The Bertz CT molecular complexity index is 1240. The van der Waals surface area contributed by atoms with Crippen LogP contribution in [0.15, 0.2) is 66.7 Å². The zero-order valence-corrected chi connectivity index (χ0v) is 13.7. The van der Waals surface area contributed by atoms with Crippen LogP contribution in [0.1, 0.15) is 0 Å². The molecule has 3 nitrogen and oxygen atoms in total. The van der Waals surface area contributed by atoms with E-state index in [0.717, 1.165) is 33.2 Å². The predicted octanol–water partition coefficient (Wildman–Crippen LogP) is 4.48. The van der Waals surface area contributed by atoms with E-state index in [1.165, 1.54) is 22.1 Å². The minimum absolute atomic E-state index is 0.502. The van der Waals surface area contributed by atoms with Gasteiger partial charge in [0.25, 0.3) is 0 Å². The van der Waals surface area contributed by atoms with Crippen LogP contribution in [0, 0.1) is 0 Å². The first-order chi connectivity index (χ1) is 12.7. The smallest absolute Gasteiger partial charge is 0.511 e. The number of benzene rings is 4. The van der Waals surface area contributed by atoms with E-state index in [1.54, 1.807) is 0 Å². The maximum absolute atomic E-state index is 9.47. The molecule has 0 aliphatic heterocycles. The Morgan fingerprint density at radius 2 is 1.12 bits per heavy atom. The van der Waals surface area contributed by atoms with E-state index in [-0.39, 0.29) is 0 Å². The molecule has 0 saturated heterocycles. The van der Waals surface area contributed by atoms with Crippen molar-refractivity contribution in [1.82, 2.24) is 0 Å². The van der Waals surface area contributed by atoms with E-state index in [2.05, 4.69) is 42.5 Å². The van der Waals surface area contributed by atoms with E-state index in [1.807, 2.05) is 24.3 Å². The SMILES string of the molecule is OB(O)Oc1cc2c3c(ccc4c3c1-c1ccccc1-4)-c1ccccc1-2. The first-order valence-corrected chi connectivity index (χ1v) is 8.60. The van der Waals surface area contributed by atoms with Gasteiger partial charge < -0.3 is 14.7 Å². The summed E-state index contributed by atoms with van der Waals surface area (Å²) in [6, 6.07) is 22.8. The number of hydrogen-bond acceptors (Lipinski definition) is 3. The molecule has 2 aliphatic rings. The van der Waals surface area contributed by atoms with Crippen LogP contribution in [0.2, 0.25) is 0 Å². The predicted molar refractivity (Wildman–Crippen MR) is 104 cm³/mol. The topological polar surface area (TPSA) is 49.7 Å². The molecule has 6 rings (SSSR count). The first-order valence-electron chi connectivity index (χ1n) is 8.60. The molecule has 0 fully saturated rings. The van der Waals surface area contributed by atoms with Crippen molar-refractivity contribution in [3.63, 3.8) is 0 Å². The van der Waals surface area contributed by atoms with Crippen LogP contribution in [-0.2, 0) is 0 Å². The van der Waals surface area contributed by atoms with E-state index in [0.29, 0.717) is 5.75 Å². The van der Waals surface area contributed by atoms with Crippen molar-refractivity contribution in [2.45, 2.75) is 0 Å². The molecule has 0 radical (unpaired) electrons. The minimum Gasteiger partial charge on any atom is -0.511 e. The van der Waals surface area contributed by atoms with Gasteiger partial charge in [0, 0.05) is 10.9 Å². The number of fused-ring (bicyclic) bond motifs is 6. The van der Waals surface area contributed by atoms with Crippen LogP contribution in [-0.4, -0.2) is 17.4 Å². The molecular weight excluding hydrogens is 323 g/mol. The molecule has 0 bridgehead atoms. The normalized spacial score (nSPS) is 12.2. The molecule has 0 spiro atoms. The Morgan fingerprint density at radius 1 is 0.577 bits per heavy atom. The molecule has 2 N–H and O–H groups in total. The summed E-state index contributed by atoms with van der Waals surface area (Å²) in [4.78, 5) is 0. The molecule has 4 aromatic carbocycles. The average Bonchev–Trinajstić information content (AvgIpc) is 3.15. The Balaban J connectivity index is 1.83. The molecule has 2 aliphatic carbocycles. The van der Waals surface area contributed by atoms with Crippen molar-refractivity contribution in [1.29, 1.82) is 0 Å². The second-order valence-electron chi connectivity index (χ2n) is 6.74. The van der Waals surface area contributed by atoms with Crippen molar-refractivity contribution >= 4 is 18.1 Å². The van der Waals surface area contributed by atoms with E-state index in [4.69, 9.17) is 4.65 Å². The van der Waals surface area contributed by atoms with E-state index >= 15 is 0 Å². The third-order valence-corrected chi connectivity index (χ3v) is 5.47. The summed E-state index contributed by atoms with van der Waals surface area (Å²) in [5.41, 5.74) is 8.99. The first kappa shape index (κ1) is 14.1. The lowest BCUT2D eigenvalue weighted by molar-refractivity contribution is 0.289. The number of hydrogen-bond donors (Lipinski definition) is 2. The summed E-state index contributed by atoms with van der Waals surface area (Å²) in [6.45, 7) is 0. The summed E-state index contributed by atoms with van der Waals surface area (Å²) >= 11 is 0. The zero-order chi connectivity index (χ0) is 17.4. The van der Waals surface area contributed by atoms with Crippen molar-refractivity contribution in [2.24, 2.45) is 0 Å². The highest BCUT2D eigenvalue weighted by Gasteiger charge is 2.32. The largest absolute Gasteiger partial charge is 0.707 e. The van der Waals surface area contributed by atoms with Crippen molar-refractivity contribution in [3.8, 4) is 50.3 Å². The second-order valence-corrected chi connectivity index (χ2v) is 6.74. The Morgan fingerprint density at radius 3 is 1.77 bits per heavy atom. The fraction of sp³-hybridized carbons (Fsp3) is 0. The van der Waals surface area contributed by atoms with Gasteiger partial charge in [-0.1, -0.05) is 60.7 Å². The van der Waals surface area contributed by atoms with Gasteiger partial charge in [-0.25, -0.2) is 0 Å². The summed E-state index contributed by atoms with van der Waals surface area (Å²) in [6.07, 6.45) is 0. The maximum Gasteiger partial charge on any atom is 0.707 e. The summed E-state index contributed by atoms with van der Waals surface area (Å²) < 4.78 is 5.43. The Labute approximate surface area is 150 Å². The standard InChI is InChI=1S/C22H13BO3/c24-23(25)26-19-11-18-13-6-2-1-5-12(13)16-9-10-17-14-7-3-4-8-15(14)21(19)22(17)20(16)18/h1-11,24-25H. The molecule has 4 aromatic rings. The molecule has 122 valence electrons. The lowest BCUT2D eigenvalue weighted by atomic mass is 9.96. The molecule has 0 atom stereocenters. The molecule has 26 heavy (non-hydrogen) atoms. The fourth-order valence-corrected chi connectivity index (χ4v) is 4.56. The van der Waals surface area contributed by atoms with Crippen LogP contribution in [0.4, 0.5) is 0 Å². The van der Waals surface area contributed by atoms with Gasteiger partial charge in [0.05, 0.1) is 0 Å². The molecule has 0 aromatic heterocycles. The van der Waals surface area contributed by atoms with Crippen molar-refractivity contribution < 1.29 is 14.7 Å². The molecule has 0 saturated carbocycles. The Hall–Kier alpha value is -3.08. The average molecular weight is 336 g/mol. The third-order valence-electron chi connectivity index (χ3n) is 5.47. The van der Waals surface area contributed by atoms with Crippen molar-refractivity contribution in [3.05, 3.63) is 66.7 Å². The summed E-state index contributed by atoms with van der Waals surface area (Å²) in [5.74, 6) is 0.502. The lowest BCUT2D eigenvalue weighted by Crippen LogP contribution is -2.21. The van der Waals surface area contributed by atoms with Crippen LogP contribution >= 0.6 is 0 Å². The van der Waals surface area contributed by atoms with Gasteiger partial charge in [0.2, 0.25) is 0 Å². The van der Waals surface area contributed by atoms with Crippen LogP contribution < -0.4 is 4.65 Å². The van der Waals surface area contributed by atoms with Gasteiger partial charge in [0.1, 0.15) is 5.75 Å². The van der Waals surface area contributed by atoms with Gasteiger partial charge in [0.15, 0.2) is 0 Å². The highest BCUT2D eigenvalue weighted by Crippen LogP contribution is 2.58. The van der Waals surface area contributed by atoms with E-state index < -0.39 is 7.32 Å². The zero-order valence-electron chi connectivity index (χ0n) is 13.7.